The number of carbonyl (C=O) groups is 2. The number of likely N-dealkylation sites (tertiary alicyclic amines) is 1. The molecule has 1 unspecified atom stereocenters. The van der Waals surface area contributed by atoms with Crippen molar-refractivity contribution in [2.45, 2.75) is 52.0 Å². The number of nitrogens with zero attached hydrogens (tertiary/aromatic N) is 2. The molecule has 2 amide bonds. The Labute approximate surface area is 109 Å². The topological polar surface area (TPSA) is 60.9 Å². The van der Waals surface area contributed by atoms with Gasteiger partial charge in [0, 0.05) is 19.6 Å². The van der Waals surface area contributed by atoms with Gasteiger partial charge in [0.05, 0.1) is 0 Å². The van der Waals surface area contributed by atoms with E-state index in [2.05, 4.69) is 0 Å². The van der Waals surface area contributed by atoms with Crippen LogP contribution < -0.4 is 0 Å². The maximum absolute atomic E-state index is 12.4. The summed E-state index contributed by atoms with van der Waals surface area (Å²) < 4.78 is 0. The van der Waals surface area contributed by atoms with Crippen LogP contribution in [0.5, 0.6) is 0 Å². The quantitative estimate of drug-likeness (QED) is 0.838. The van der Waals surface area contributed by atoms with E-state index in [1.165, 1.54) is 4.90 Å². The lowest BCUT2D eigenvalue weighted by atomic mass is 9.89. The van der Waals surface area contributed by atoms with Crippen molar-refractivity contribution in [3.8, 4) is 0 Å². The second-order valence-electron chi connectivity index (χ2n) is 5.05. The van der Waals surface area contributed by atoms with Gasteiger partial charge < -0.3 is 14.9 Å². The molecule has 1 saturated heterocycles. The van der Waals surface area contributed by atoms with Gasteiger partial charge in [-0.1, -0.05) is 6.92 Å². The fourth-order valence-electron chi connectivity index (χ4n) is 2.48. The van der Waals surface area contributed by atoms with Gasteiger partial charge in [0.25, 0.3) is 0 Å². The maximum Gasteiger partial charge on any atom is 0.329 e. The van der Waals surface area contributed by atoms with Crippen LogP contribution in [0.2, 0.25) is 0 Å². The molecule has 1 aliphatic rings. The van der Waals surface area contributed by atoms with E-state index in [-0.39, 0.29) is 6.03 Å². The van der Waals surface area contributed by atoms with E-state index in [4.69, 9.17) is 0 Å². The van der Waals surface area contributed by atoms with Gasteiger partial charge in [0.15, 0.2) is 0 Å². The van der Waals surface area contributed by atoms with Crippen LogP contribution >= 0.6 is 0 Å². The Balaban J connectivity index is 2.89. The molecule has 5 nitrogen and oxygen atoms in total. The fourth-order valence-corrected chi connectivity index (χ4v) is 2.48. The molecule has 1 N–H and O–H groups in total. The summed E-state index contributed by atoms with van der Waals surface area (Å²) in [7, 11) is 0. The van der Waals surface area contributed by atoms with E-state index >= 15 is 0 Å². The van der Waals surface area contributed by atoms with Crippen molar-refractivity contribution >= 4 is 12.0 Å². The average molecular weight is 256 g/mol. The molecule has 0 bridgehead atoms. The van der Waals surface area contributed by atoms with Crippen molar-refractivity contribution in [3.05, 3.63) is 0 Å². The predicted molar refractivity (Wildman–Crippen MR) is 69.5 cm³/mol. The summed E-state index contributed by atoms with van der Waals surface area (Å²) in [5, 5.41) is 9.39. The van der Waals surface area contributed by atoms with Crippen molar-refractivity contribution in [2.75, 3.05) is 19.6 Å². The molecule has 0 radical (unpaired) electrons. The molecule has 1 rings (SSSR count). The SMILES string of the molecule is CCCN(CC)C(=O)N1CCCCC1(C)C(=O)O. The van der Waals surface area contributed by atoms with Gasteiger partial charge in [-0.2, -0.15) is 0 Å². The first-order valence-electron chi connectivity index (χ1n) is 6.77. The lowest BCUT2D eigenvalue weighted by molar-refractivity contribution is -0.150. The zero-order valence-electron chi connectivity index (χ0n) is 11.6. The monoisotopic (exact) mass is 256 g/mol. The zero-order valence-corrected chi connectivity index (χ0v) is 11.6. The van der Waals surface area contributed by atoms with Crippen LogP contribution in [0.1, 0.15) is 46.5 Å². The number of piperidine rings is 1. The lowest BCUT2D eigenvalue weighted by Crippen LogP contribution is -2.60. The van der Waals surface area contributed by atoms with Crippen molar-refractivity contribution in [2.24, 2.45) is 0 Å². The first kappa shape index (κ1) is 14.8. The summed E-state index contributed by atoms with van der Waals surface area (Å²) in [6.45, 7) is 7.45. The van der Waals surface area contributed by atoms with Gasteiger partial charge in [0.1, 0.15) is 5.54 Å². The number of amides is 2. The highest BCUT2D eigenvalue weighted by molar-refractivity contribution is 5.86. The first-order chi connectivity index (χ1) is 8.47. The van der Waals surface area contributed by atoms with Crippen LogP contribution in [0.25, 0.3) is 0 Å². The zero-order chi connectivity index (χ0) is 13.8. The maximum atomic E-state index is 12.4. The highest BCUT2D eigenvalue weighted by Crippen LogP contribution is 2.29. The van der Waals surface area contributed by atoms with Gasteiger partial charge in [-0.25, -0.2) is 9.59 Å². The molecular weight excluding hydrogens is 232 g/mol. The third-order valence-corrected chi connectivity index (χ3v) is 3.73. The molecular formula is C13H24N2O3. The largest absolute Gasteiger partial charge is 0.480 e. The van der Waals surface area contributed by atoms with Crippen molar-refractivity contribution in [1.29, 1.82) is 0 Å². The van der Waals surface area contributed by atoms with E-state index in [0.717, 1.165) is 19.3 Å². The van der Waals surface area contributed by atoms with E-state index in [9.17, 15) is 14.7 Å². The highest BCUT2D eigenvalue weighted by Gasteiger charge is 2.44. The Hall–Kier alpha value is -1.26. The summed E-state index contributed by atoms with van der Waals surface area (Å²) in [6.07, 6.45) is 3.18. The normalized spacial score (nSPS) is 23.8. The van der Waals surface area contributed by atoms with Crippen LogP contribution in [0, 0.1) is 0 Å². The Bertz CT molecular complexity index is 319. The van der Waals surface area contributed by atoms with Crippen LogP contribution in [0.15, 0.2) is 0 Å². The Morgan fingerprint density at radius 1 is 1.33 bits per heavy atom. The first-order valence-corrected chi connectivity index (χ1v) is 6.77. The van der Waals surface area contributed by atoms with E-state index in [1.54, 1.807) is 11.8 Å². The lowest BCUT2D eigenvalue weighted by Gasteiger charge is -2.43. The van der Waals surface area contributed by atoms with Crippen LogP contribution in [0.4, 0.5) is 4.79 Å². The van der Waals surface area contributed by atoms with Crippen molar-refractivity contribution in [3.63, 3.8) is 0 Å². The number of aliphatic carboxylic acids is 1. The number of carboxylic acids is 1. The Morgan fingerprint density at radius 2 is 2.00 bits per heavy atom. The van der Waals surface area contributed by atoms with Gasteiger partial charge in [-0.3, -0.25) is 0 Å². The number of hydrogen-bond donors (Lipinski definition) is 1. The summed E-state index contributed by atoms with van der Waals surface area (Å²) in [5.74, 6) is -0.900. The molecule has 18 heavy (non-hydrogen) atoms. The van der Waals surface area contributed by atoms with Gasteiger partial charge in [0.2, 0.25) is 0 Å². The Morgan fingerprint density at radius 3 is 2.50 bits per heavy atom. The summed E-state index contributed by atoms with van der Waals surface area (Å²) >= 11 is 0. The minimum atomic E-state index is -1.05. The van der Waals surface area contributed by atoms with Crippen molar-refractivity contribution < 1.29 is 14.7 Å². The van der Waals surface area contributed by atoms with E-state index < -0.39 is 11.5 Å². The number of carbonyl (C=O) groups excluding carboxylic acids is 1. The van der Waals surface area contributed by atoms with Crippen LogP contribution in [-0.4, -0.2) is 52.1 Å². The second-order valence-corrected chi connectivity index (χ2v) is 5.05. The number of rotatable bonds is 4. The molecule has 0 aromatic heterocycles. The number of carboxylic acid groups (broad SMARTS) is 1. The average Bonchev–Trinajstić information content (AvgIpc) is 2.35. The second kappa shape index (κ2) is 6.07. The molecule has 104 valence electrons. The molecule has 1 atom stereocenters. The smallest absolute Gasteiger partial charge is 0.329 e. The van der Waals surface area contributed by atoms with Gasteiger partial charge in [-0.05, 0) is 39.5 Å². The van der Waals surface area contributed by atoms with Crippen LogP contribution in [0.3, 0.4) is 0 Å². The molecule has 1 heterocycles. The molecule has 0 aliphatic carbocycles. The van der Waals surface area contributed by atoms with Crippen molar-refractivity contribution in [1.82, 2.24) is 9.80 Å². The molecule has 0 aromatic carbocycles. The minimum Gasteiger partial charge on any atom is -0.480 e. The summed E-state index contributed by atoms with van der Waals surface area (Å²) in [5.41, 5.74) is -1.05. The number of urea groups is 1. The predicted octanol–water partition coefficient (Wildman–Crippen LogP) is 2.17. The summed E-state index contributed by atoms with van der Waals surface area (Å²) in [4.78, 5) is 27.1. The molecule has 0 aromatic rings. The van der Waals surface area contributed by atoms with Gasteiger partial charge >= 0.3 is 12.0 Å². The molecule has 0 saturated carbocycles. The Kier molecular flexibility index (Phi) is 4.99. The third-order valence-electron chi connectivity index (χ3n) is 3.73. The third kappa shape index (κ3) is 2.76. The van der Waals surface area contributed by atoms with Crippen LogP contribution in [-0.2, 0) is 4.79 Å². The molecule has 1 aliphatic heterocycles. The fraction of sp³-hybridized carbons (Fsp3) is 0.846. The van der Waals surface area contributed by atoms with E-state index in [1.807, 2.05) is 13.8 Å². The number of hydrogen-bond acceptors (Lipinski definition) is 2. The highest BCUT2D eigenvalue weighted by atomic mass is 16.4. The van der Waals surface area contributed by atoms with E-state index in [0.29, 0.717) is 26.1 Å². The summed E-state index contributed by atoms with van der Waals surface area (Å²) in [6, 6.07) is -0.135. The molecule has 0 spiro atoms. The van der Waals surface area contributed by atoms with Gasteiger partial charge in [-0.15, -0.1) is 0 Å². The molecule has 5 heteroatoms. The molecule has 1 fully saturated rings. The minimum absolute atomic E-state index is 0.135. The standard InChI is InChI=1S/C13H24N2O3/c1-4-9-14(5-2)12(18)15-10-7-6-8-13(15,3)11(16)17/h4-10H2,1-3H3,(H,16,17).